The van der Waals surface area contributed by atoms with Crippen molar-refractivity contribution in [3.05, 3.63) is 24.3 Å². The molecule has 1 amide bonds. The molecule has 2 fully saturated rings. The highest BCUT2D eigenvalue weighted by Crippen LogP contribution is 2.26. The number of rotatable bonds is 6. The second kappa shape index (κ2) is 9.63. The lowest BCUT2D eigenvalue weighted by atomic mass is 9.98. The molecule has 0 N–H and O–H groups in total. The van der Waals surface area contributed by atoms with Gasteiger partial charge in [0.2, 0.25) is 5.91 Å². The molecular formula is C21H27N3O4S. The molecule has 2 aromatic rings. The van der Waals surface area contributed by atoms with Gasteiger partial charge in [0.25, 0.3) is 0 Å². The maximum absolute atomic E-state index is 12.8. The summed E-state index contributed by atoms with van der Waals surface area (Å²) in [7, 11) is 0. The largest absolute Gasteiger partial charge is 0.462 e. The number of hydrogen-bond acceptors (Lipinski definition) is 6. The van der Waals surface area contributed by atoms with E-state index in [1.165, 1.54) is 18.2 Å². The molecule has 1 aliphatic carbocycles. The van der Waals surface area contributed by atoms with Gasteiger partial charge in [0.15, 0.2) is 5.16 Å². The number of thioether (sulfide) groups is 1. The number of benzene rings is 1. The van der Waals surface area contributed by atoms with Crippen LogP contribution in [0.1, 0.15) is 32.1 Å². The number of amides is 1. The third kappa shape index (κ3) is 5.11. The second-order valence-electron chi connectivity index (χ2n) is 7.50. The van der Waals surface area contributed by atoms with Crippen molar-refractivity contribution in [3.63, 3.8) is 0 Å². The van der Waals surface area contributed by atoms with Gasteiger partial charge < -0.3 is 18.9 Å². The van der Waals surface area contributed by atoms with Crippen molar-refractivity contribution in [2.45, 2.75) is 49.9 Å². The lowest BCUT2D eigenvalue weighted by Gasteiger charge is -2.27. The Hall–Kier alpha value is -2.06. The fourth-order valence-corrected chi connectivity index (χ4v) is 4.69. The van der Waals surface area contributed by atoms with Crippen LogP contribution in [-0.4, -0.2) is 64.5 Å². The second-order valence-corrected chi connectivity index (χ2v) is 8.44. The van der Waals surface area contributed by atoms with E-state index in [0.29, 0.717) is 31.5 Å². The zero-order valence-corrected chi connectivity index (χ0v) is 17.4. The standard InChI is InChI=1S/C21H27N3O4S/c25-19(23-10-12-27-13-11-23)14-24-18-9-5-4-8-17(18)22-21(24)29-15-20(26)28-16-6-2-1-3-7-16/h4-5,8-9,16H,1-3,6-7,10-15H2. The third-order valence-corrected chi connectivity index (χ3v) is 6.40. The molecule has 7 nitrogen and oxygen atoms in total. The molecule has 0 radical (unpaired) electrons. The molecule has 29 heavy (non-hydrogen) atoms. The highest BCUT2D eigenvalue weighted by molar-refractivity contribution is 7.99. The van der Waals surface area contributed by atoms with E-state index in [1.807, 2.05) is 33.7 Å². The first-order chi connectivity index (χ1) is 14.2. The summed E-state index contributed by atoms with van der Waals surface area (Å²) in [6, 6.07) is 7.75. The van der Waals surface area contributed by atoms with Crippen molar-refractivity contribution in [1.82, 2.24) is 14.5 Å². The number of para-hydroxylation sites is 2. The van der Waals surface area contributed by atoms with Crippen LogP contribution in [0.2, 0.25) is 0 Å². The van der Waals surface area contributed by atoms with Gasteiger partial charge in [0.05, 0.1) is 30.0 Å². The summed E-state index contributed by atoms with van der Waals surface area (Å²) in [5.74, 6) is 0.0362. The molecule has 4 rings (SSSR count). The number of carbonyl (C=O) groups is 2. The number of imidazole rings is 1. The van der Waals surface area contributed by atoms with Gasteiger partial charge in [-0.15, -0.1) is 0 Å². The SMILES string of the molecule is O=C(CSc1nc2ccccc2n1CC(=O)N1CCOCC1)OC1CCCCC1. The van der Waals surface area contributed by atoms with Crippen molar-refractivity contribution >= 4 is 34.7 Å². The van der Waals surface area contributed by atoms with Crippen LogP contribution >= 0.6 is 11.8 Å². The van der Waals surface area contributed by atoms with Crippen LogP contribution in [0.5, 0.6) is 0 Å². The molecule has 0 bridgehead atoms. The van der Waals surface area contributed by atoms with E-state index < -0.39 is 0 Å². The summed E-state index contributed by atoms with van der Waals surface area (Å²) in [6.07, 6.45) is 5.46. The zero-order chi connectivity index (χ0) is 20.1. The fourth-order valence-electron chi connectivity index (χ4n) is 3.89. The monoisotopic (exact) mass is 417 g/mol. The molecule has 2 heterocycles. The van der Waals surface area contributed by atoms with E-state index in [4.69, 9.17) is 9.47 Å². The molecule has 0 atom stereocenters. The summed E-state index contributed by atoms with van der Waals surface area (Å²) in [6.45, 7) is 2.58. The minimum absolute atomic E-state index is 0.0445. The first kappa shape index (κ1) is 20.2. The van der Waals surface area contributed by atoms with Crippen molar-refractivity contribution in [1.29, 1.82) is 0 Å². The minimum atomic E-state index is -0.208. The Morgan fingerprint density at radius 1 is 1.14 bits per heavy atom. The number of morpholine rings is 1. The molecule has 0 unspecified atom stereocenters. The molecule has 156 valence electrons. The molecule has 1 saturated carbocycles. The van der Waals surface area contributed by atoms with Gasteiger partial charge in [-0.05, 0) is 37.8 Å². The van der Waals surface area contributed by atoms with Crippen LogP contribution in [0, 0.1) is 0 Å². The zero-order valence-electron chi connectivity index (χ0n) is 16.5. The van der Waals surface area contributed by atoms with Gasteiger partial charge in [0.1, 0.15) is 12.6 Å². The summed E-state index contributed by atoms with van der Waals surface area (Å²) in [4.78, 5) is 31.6. The highest BCUT2D eigenvalue weighted by atomic mass is 32.2. The number of ether oxygens (including phenoxy) is 2. The van der Waals surface area contributed by atoms with Crippen molar-refractivity contribution < 1.29 is 19.1 Å². The number of hydrogen-bond donors (Lipinski definition) is 0. The Balaban J connectivity index is 1.44. The van der Waals surface area contributed by atoms with E-state index in [-0.39, 0.29) is 30.3 Å². The predicted octanol–water partition coefficient (Wildman–Crippen LogP) is 2.86. The van der Waals surface area contributed by atoms with Crippen LogP contribution in [0.3, 0.4) is 0 Å². The Kier molecular flexibility index (Phi) is 6.71. The molecule has 1 aliphatic heterocycles. The van der Waals surface area contributed by atoms with Gasteiger partial charge >= 0.3 is 5.97 Å². The van der Waals surface area contributed by atoms with Crippen LogP contribution in [0.4, 0.5) is 0 Å². The fraction of sp³-hybridized carbons (Fsp3) is 0.571. The van der Waals surface area contributed by atoms with Crippen LogP contribution in [-0.2, 0) is 25.6 Å². The molecular weight excluding hydrogens is 390 g/mol. The average molecular weight is 418 g/mol. The Labute approximate surface area is 174 Å². The number of nitrogens with zero attached hydrogens (tertiary/aromatic N) is 3. The first-order valence-corrected chi connectivity index (χ1v) is 11.3. The lowest BCUT2D eigenvalue weighted by molar-refractivity contribution is -0.147. The summed E-state index contributed by atoms with van der Waals surface area (Å²) < 4.78 is 12.9. The average Bonchev–Trinajstić information content (AvgIpc) is 3.11. The van der Waals surface area contributed by atoms with E-state index in [0.717, 1.165) is 36.7 Å². The number of carbonyl (C=O) groups excluding carboxylic acids is 2. The lowest BCUT2D eigenvalue weighted by Crippen LogP contribution is -2.42. The Morgan fingerprint density at radius 2 is 1.90 bits per heavy atom. The summed E-state index contributed by atoms with van der Waals surface area (Å²) in [5.41, 5.74) is 1.72. The maximum atomic E-state index is 12.8. The van der Waals surface area contributed by atoms with E-state index in [2.05, 4.69) is 4.98 Å². The highest BCUT2D eigenvalue weighted by Gasteiger charge is 2.22. The quantitative estimate of drug-likeness (QED) is 0.532. The van der Waals surface area contributed by atoms with Gasteiger partial charge in [-0.25, -0.2) is 4.98 Å². The molecule has 1 aromatic heterocycles. The van der Waals surface area contributed by atoms with Gasteiger partial charge in [-0.1, -0.05) is 30.3 Å². The number of esters is 1. The van der Waals surface area contributed by atoms with Crippen molar-refractivity contribution in [3.8, 4) is 0 Å². The predicted molar refractivity (Wildman–Crippen MR) is 111 cm³/mol. The number of aromatic nitrogens is 2. The smallest absolute Gasteiger partial charge is 0.316 e. The Bertz CT molecular complexity index is 857. The van der Waals surface area contributed by atoms with E-state index in [1.54, 1.807) is 0 Å². The van der Waals surface area contributed by atoms with Crippen molar-refractivity contribution in [2.24, 2.45) is 0 Å². The molecule has 8 heteroatoms. The van der Waals surface area contributed by atoms with Crippen molar-refractivity contribution in [2.75, 3.05) is 32.1 Å². The number of fused-ring (bicyclic) bond motifs is 1. The molecule has 0 spiro atoms. The van der Waals surface area contributed by atoms with Crippen LogP contribution in [0.25, 0.3) is 11.0 Å². The minimum Gasteiger partial charge on any atom is -0.462 e. The van der Waals surface area contributed by atoms with Crippen LogP contribution in [0.15, 0.2) is 29.4 Å². The molecule has 1 aromatic carbocycles. The Morgan fingerprint density at radius 3 is 2.69 bits per heavy atom. The van der Waals surface area contributed by atoms with Crippen LogP contribution < -0.4 is 0 Å². The van der Waals surface area contributed by atoms with E-state index >= 15 is 0 Å². The van der Waals surface area contributed by atoms with Gasteiger partial charge in [-0.3, -0.25) is 9.59 Å². The van der Waals surface area contributed by atoms with Gasteiger partial charge in [-0.2, -0.15) is 0 Å². The summed E-state index contributed by atoms with van der Waals surface area (Å²) >= 11 is 1.34. The van der Waals surface area contributed by atoms with Gasteiger partial charge in [0, 0.05) is 13.1 Å². The van der Waals surface area contributed by atoms with E-state index in [9.17, 15) is 9.59 Å². The molecule has 1 saturated heterocycles. The third-order valence-electron chi connectivity index (χ3n) is 5.45. The first-order valence-electron chi connectivity index (χ1n) is 10.3. The topological polar surface area (TPSA) is 73.7 Å². The summed E-state index contributed by atoms with van der Waals surface area (Å²) in [5, 5.41) is 0.674. The normalized spacial score (nSPS) is 18.1. The molecule has 2 aliphatic rings. The maximum Gasteiger partial charge on any atom is 0.316 e.